The van der Waals surface area contributed by atoms with E-state index >= 15 is 0 Å². The van der Waals surface area contributed by atoms with Crippen LogP contribution in [-0.4, -0.2) is 4.92 Å². The van der Waals surface area contributed by atoms with Gasteiger partial charge in [-0.3, -0.25) is 10.1 Å². The van der Waals surface area contributed by atoms with Crippen molar-refractivity contribution in [1.29, 1.82) is 10.5 Å². The Morgan fingerprint density at radius 1 is 1.09 bits per heavy atom. The first-order valence-corrected chi connectivity index (χ1v) is 5.71. The van der Waals surface area contributed by atoms with E-state index in [1.165, 1.54) is 6.07 Å². The highest BCUT2D eigenvalue weighted by atomic mass is 19.2. The molecule has 2 aromatic carbocycles. The lowest BCUT2D eigenvalue weighted by atomic mass is 10.1. The maximum Gasteiger partial charge on any atom is 0.314 e. The number of rotatable bonds is 3. The van der Waals surface area contributed by atoms with Crippen molar-refractivity contribution in [3.05, 3.63) is 63.2 Å². The number of nitrogens with zero attached hydrogens (tertiary/aromatic N) is 3. The van der Waals surface area contributed by atoms with Gasteiger partial charge in [0.05, 0.1) is 28.2 Å². The summed E-state index contributed by atoms with van der Waals surface area (Å²) in [4.78, 5) is 9.92. The zero-order valence-electron chi connectivity index (χ0n) is 10.7. The molecule has 0 aliphatic heterocycles. The second kappa shape index (κ2) is 5.85. The van der Waals surface area contributed by atoms with Crippen LogP contribution in [-0.2, 0) is 0 Å². The Bertz CT molecular complexity index is 821. The quantitative estimate of drug-likeness (QED) is 0.638. The number of ether oxygens (including phenoxy) is 1. The van der Waals surface area contributed by atoms with E-state index < -0.39 is 28.0 Å². The number of nitro groups is 1. The van der Waals surface area contributed by atoms with Crippen LogP contribution in [0.3, 0.4) is 0 Å². The van der Waals surface area contributed by atoms with E-state index in [4.69, 9.17) is 15.3 Å². The third-order valence-electron chi connectivity index (χ3n) is 2.61. The number of halogens is 2. The Balaban J connectivity index is 2.57. The maximum absolute atomic E-state index is 13.7. The number of nitro benzene ring substituents is 1. The lowest BCUT2D eigenvalue weighted by Crippen LogP contribution is -1.99. The average molecular weight is 301 g/mol. The van der Waals surface area contributed by atoms with Gasteiger partial charge in [0.15, 0.2) is 5.82 Å². The third-order valence-corrected chi connectivity index (χ3v) is 2.61. The fourth-order valence-corrected chi connectivity index (χ4v) is 1.67. The van der Waals surface area contributed by atoms with Gasteiger partial charge >= 0.3 is 5.69 Å². The van der Waals surface area contributed by atoms with Crippen LogP contribution in [0.5, 0.6) is 11.5 Å². The first kappa shape index (κ1) is 14.9. The Kier molecular flexibility index (Phi) is 3.96. The molecule has 0 aliphatic rings. The summed E-state index contributed by atoms with van der Waals surface area (Å²) in [6, 6.07) is 8.43. The molecule has 0 heterocycles. The second-order valence-corrected chi connectivity index (χ2v) is 4.04. The Morgan fingerprint density at radius 2 is 1.68 bits per heavy atom. The summed E-state index contributed by atoms with van der Waals surface area (Å²) in [5.74, 6) is -3.97. The summed E-state index contributed by atoms with van der Waals surface area (Å²) in [7, 11) is 0. The molecule has 0 saturated carbocycles. The highest BCUT2D eigenvalue weighted by molar-refractivity contribution is 5.52. The maximum atomic E-state index is 13.7. The normalized spacial score (nSPS) is 9.64. The van der Waals surface area contributed by atoms with Gasteiger partial charge < -0.3 is 4.74 Å². The van der Waals surface area contributed by atoms with Crippen LogP contribution in [0.4, 0.5) is 14.5 Å². The van der Waals surface area contributed by atoms with Crippen molar-refractivity contribution in [2.45, 2.75) is 0 Å². The number of benzene rings is 2. The van der Waals surface area contributed by atoms with Crippen LogP contribution in [0.25, 0.3) is 0 Å². The molecular weight excluding hydrogens is 296 g/mol. The summed E-state index contributed by atoms with van der Waals surface area (Å²) < 4.78 is 32.0. The largest absolute Gasteiger partial charge is 0.447 e. The smallest absolute Gasteiger partial charge is 0.314 e. The molecule has 0 bridgehead atoms. The topological polar surface area (TPSA) is 100.0 Å². The molecule has 8 heteroatoms. The summed E-state index contributed by atoms with van der Waals surface area (Å²) in [5, 5.41) is 28.5. The first-order chi connectivity index (χ1) is 10.5. The minimum Gasteiger partial charge on any atom is -0.447 e. The molecule has 108 valence electrons. The molecule has 6 nitrogen and oxygen atoms in total. The molecule has 2 aromatic rings. The predicted octanol–water partition coefficient (Wildman–Crippen LogP) is 3.41. The van der Waals surface area contributed by atoms with Gasteiger partial charge in [-0.15, -0.1) is 0 Å². The van der Waals surface area contributed by atoms with E-state index in [1.807, 2.05) is 0 Å². The van der Waals surface area contributed by atoms with Crippen LogP contribution in [0.15, 0.2) is 30.3 Å². The molecule has 0 atom stereocenters. The zero-order chi connectivity index (χ0) is 16.3. The highest BCUT2D eigenvalue weighted by Crippen LogP contribution is 2.35. The van der Waals surface area contributed by atoms with Gasteiger partial charge in [0, 0.05) is 6.07 Å². The molecule has 22 heavy (non-hydrogen) atoms. The fourth-order valence-electron chi connectivity index (χ4n) is 1.67. The van der Waals surface area contributed by atoms with Crippen molar-refractivity contribution < 1.29 is 18.4 Å². The molecule has 0 amide bonds. The van der Waals surface area contributed by atoms with Gasteiger partial charge in [-0.2, -0.15) is 14.9 Å². The van der Waals surface area contributed by atoms with Crippen LogP contribution in [0.2, 0.25) is 0 Å². The van der Waals surface area contributed by atoms with E-state index in [-0.39, 0.29) is 16.9 Å². The molecule has 0 unspecified atom stereocenters. The Morgan fingerprint density at radius 3 is 2.18 bits per heavy atom. The van der Waals surface area contributed by atoms with Gasteiger partial charge in [-0.25, -0.2) is 4.39 Å². The van der Waals surface area contributed by atoms with E-state index in [1.54, 1.807) is 12.1 Å². The lowest BCUT2D eigenvalue weighted by Gasteiger charge is -2.08. The van der Waals surface area contributed by atoms with Crippen LogP contribution in [0, 0.1) is 44.4 Å². The summed E-state index contributed by atoms with van der Waals surface area (Å²) >= 11 is 0. The van der Waals surface area contributed by atoms with Crippen molar-refractivity contribution in [2.24, 2.45) is 0 Å². The molecule has 0 aliphatic carbocycles. The van der Waals surface area contributed by atoms with E-state index in [9.17, 15) is 18.9 Å². The zero-order valence-corrected chi connectivity index (χ0v) is 10.7. The molecule has 0 N–H and O–H groups in total. The average Bonchev–Trinajstić information content (AvgIpc) is 2.51. The third kappa shape index (κ3) is 2.81. The van der Waals surface area contributed by atoms with Crippen molar-refractivity contribution in [2.75, 3.05) is 0 Å². The van der Waals surface area contributed by atoms with E-state index in [0.717, 1.165) is 18.2 Å². The summed E-state index contributed by atoms with van der Waals surface area (Å²) in [5.41, 5.74) is -0.707. The fraction of sp³-hybridized carbons (Fsp3) is 0. The van der Waals surface area contributed by atoms with Gasteiger partial charge in [-0.1, -0.05) is 0 Å². The SMILES string of the molecule is N#Cc1cc(C#N)cc(Oc2c([N+](=O)[O-])ccc(F)c2F)c1. The number of nitriles is 2. The van der Waals surface area contributed by atoms with Gasteiger partial charge in [0.1, 0.15) is 5.75 Å². The van der Waals surface area contributed by atoms with E-state index in [0.29, 0.717) is 6.07 Å². The van der Waals surface area contributed by atoms with Gasteiger partial charge in [0.25, 0.3) is 0 Å². The summed E-state index contributed by atoms with van der Waals surface area (Å²) in [6.45, 7) is 0. The van der Waals surface area contributed by atoms with Crippen molar-refractivity contribution in [3.63, 3.8) is 0 Å². The standard InChI is InChI=1S/C14H5F2N3O3/c15-11-1-2-12(19(20)21)14(13(11)16)22-10-4-8(6-17)3-9(5-10)7-18/h1-5H. The van der Waals surface area contributed by atoms with Gasteiger partial charge in [0.2, 0.25) is 11.6 Å². The molecule has 0 fully saturated rings. The highest BCUT2D eigenvalue weighted by Gasteiger charge is 2.24. The van der Waals surface area contributed by atoms with Crippen LogP contribution in [0.1, 0.15) is 11.1 Å². The lowest BCUT2D eigenvalue weighted by molar-refractivity contribution is -0.385. The van der Waals surface area contributed by atoms with Crippen molar-refractivity contribution in [1.82, 2.24) is 0 Å². The minimum atomic E-state index is -1.53. The number of hydrogen-bond acceptors (Lipinski definition) is 5. The molecule has 2 rings (SSSR count). The monoisotopic (exact) mass is 301 g/mol. The van der Waals surface area contributed by atoms with Gasteiger partial charge in [-0.05, 0) is 24.3 Å². The molecule has 0 spiro atoms. The van der Waals surface area contributed by atoms with Crippen molar-refractivity contribution in [3.8, 4) is 23.6 Å². The number of hydrogen-bond donors (Lipinski definition) is 0. The Labute approximate surface area is 122 Å². The summed E-state index contributed by atoms with van der Waals surface area (Å²) in [6.07, 6.45) is 0. The molecule has 0 radical (unpaired) electrons. The van der Waals surface area contributed by atoms with Crippen LogP contribution < -0.4 is 4.74 Å². The molecule has 0 aromatic heterocycles. The van der Waals surface area contributed by atoms with E-state index in [2.05, 4.69) is 0 Å². The minimum absolute atomic E-state index is 0.0357. The predicted molar refractivity (Wildman–Crippen MR) is 69.0 cm³/mol. The first-order valence-electron chi connectivity index (χ1n) is 5.71. The van der Waals surface area contributed by atoms with Crippen LogP contribution >= 0.6 is 0 Å². The second-order valence-electron chi connectivity index (χ2n) is 4.04. The molecule has 0 saturated heterocycles. The molecular formula is C14H5F2N3O3. The Hall–Kier alpha value is -3.52. The van der Waals surface area contributed by atoms with Crippen molar-refractivity contribution >= 4 is 5.69 Å².